The van der Waals surface area contributed by atoms with Crippen LogP contribution < -0.4 is 15.1 Å². The first-order valence-corrected chi connectivity index (χ1v) is 12.0. The summed E-state index contributed by atoms with van der Waals surface area (Å²) in [6.07, 6.45) is 0.0778. The molecule has 13 heteroatoms. The molecule has 4 rings (SSSR count). The molecular formula is C24H21BN4O7S. The van der Waals surface area contributed by atoms with Gasteiger partial charge in [0.25, 0.3) is 0 Å². The van der Waals surface area contributed by atoms with E-state index in [1.807, 2.05) is 6.07 Å². The van der Waals surface area contributed by atoms with E-state index in [-0.39, 0.29) is 53.9 Å². The fourth-order valence-corrected chi connectivity index (χ4v) is 4.28. The first kappa shape index (κ1) is 25.7. The van der Waals surface area contributed by atoms with Crippen LogP contribution in [-0.2, 0) is 16.1 Å². The first-order chi connectivity index (χ1) is 17.9. The molecule has 0 radical (unpaired) electrons. The summed E-state index contributed by atoms with van der Waals surface area (Å²) in [5.41, 5.74) is 6.93. The number of aromatic carboxylic acids is 1. The van der Waals surface area contributed by atoms with Crippen LogP contribution in [0.4, 0.5) is 5.13 Å². The summed E-state index contributed by atoms with van der Waals surface area (Å²) in [5, 5.41) is 34.5. The molecule has 188 valence electrons. The summed E-state index contributed by atoms with van der Waals surface area (Å²) in [4.78, 5) is 34.1. The number of hydrogen-bond donors (Lipinski definition) is 3. The lowest BCUT2D eigenvalue weighted by molar-refractivity contribution is -0.113. The van der Waals surface area contributed by atoms with Crippen molar-refractivity contribution in [1.82, 2.24) is 4.98 Å². The number of aromatic nitrogens is 1. The van der Waals surface area contributed by atoms with Gasteiger partial charge in [0.1, 0.15) is 23.8 Å². The third-order valence-electron chi connectivity index (χ3n) is 5.51. The Kier molecular flexibility index (Phi) is 8.02. The van der Waals surface area contributed by atoms with Gasteiger partial charge in [0.05, 0.1) is 17.2 Å². The molecule has 2 heterocycles. The van der Waals surface area contributed by atoms with Crippen LogP contribution in [0, 0.1) is 11.3 Å². The van der Waals surface area contributed by atoms with Crippen molar-refractivity contribution in [2.24, 2.45) is 5.16 Å². The number of anilines is 1. The largest absolute Gasteiger partial charge is 0.535 e. The van der Waals surface area contributed by atoms with Gasteiger partial charge < -0.3 is 30.1 Å². The Morgan fingerprint density at radius 3 is 2.73 bits per heavy atom. The predicted octanol–water partition coefficient (Wildman–Crippen LogP) is 2.54. The number of benzene rings is 2. The number of hydrogen-bond acceptors (Lipinski definition) is 11. The number of ether oxygens (including phenoxy) is 1. The number of para-hydroxylation sites is 1. The number of nitrogens with zero attached hydrogens (tertiary/aromatic N) is 3. The maximum absolute atomic E-state index is 13.2. The molecule has 0 saturated carbocycles. The van der Waals surface area contributed by atoms with E-state index in [4.69, 9.17) is 25.2 Å². The van der Waals surface area contributed by atoms with Crippen LogP contribution in [0.3, 0.4) is 0 Å². The Labute approximate surface area is 215 Å². The first-order valence-electron chi connectivity index (χ1n) is 11.1. The number of fused-ring (bicyclic) bond motifs is 1. The van der Waals surface area contributed by atoms with Crippen LogP contribution in [0.1, 0.15) is 33.6 Å². The highest BCUT2D eigenvalue weighted by molar-refractivity contribution is 7.13. The van der Waals surface area contributed by atoms with Gasteiger partial charge in [-0.05, 0) is 42.3 Å². The summed E-state index contributed by atoms with van der Waals surface area (Å²) in [6, 6.07) is 13.3. The van der Waals surface area contributed by atoms with Crippen molar-refractivity contribution in [2.75, 3.05) is 18.9 Å². The third kappa shape index (κ3) is 6.24. The van der Waals surface area contributed by atoms with Gasteiger partial charge >= 0.3 is 13.1 Å². The normalized spacial score (nSPS) is 14.8. The van der Waals surface area contributed by atoms with Crippen molar-refractivity contribution in [1.29, 1.82) is 5.26 Å². The van der Waals surface area contributed by atoms with Gasteiger partial charge in [-0.15, -0.1) is 11.3 Å². The number of carbonyl (C=O) groups is 2. The van der Waals surface area contributed by atoms with Gasteiger partial charge in [-0.3, -0.25) is 4.79 Å². The molecule has 0 bridgehead atoms. The average Bonchev–Trinajstić information content (AvgIpc) is 3.32. The Bertz CT molecular complexity index is 1370. The molecule has 1 atom stereocenters. The van der Waals surface area contributed by atoms with E-state index >= 15 is 0 Å². The number of ketones is 1. The number of nitriles is 1. The van der Waals surface area contributed by atoms with E-state index in [1.165, 1.54) is 6.07 Å². The van der Waals surface area contributed by atoms with E-state index in [0.717, 1.165) is 11.3 Å². The Hall–Kier alpha value is -4.41. The van der Waals surface area contributed by atoms with Gasteiger partial charge in [-0.25, -0.2) is 9.78 Å². The van der Waals surface area contributed by atoms with E-state index in [1.54, 1.807) is 41.8 Å². The lowest BCUT2D eigenvalue weighted by Crippen LogP contribution is -2.37. The number of carboxylic acids is 1. The number of thiazole rings is 1. The maximum atomic E-state index is 13.2. The fourth-order valence-electron chi connectivity index (χ4n) is 3.73. The second-order valence-electron chi connectivity index (χ2n) is 8.03. The van der Waals surface area contributed by atoms with Gasteiger partial charge in [0.2, 0.25) is 0 Å². The van der Waals surface area contributed by atoms with Crippen molar-refractivity contribution in [2.45, 2.75) is 18.7 Å². The summed E-state index contributed by atoms with van der Waals surface area (Å²) in [7, 11) is -1.39. The summed E-state index contributed by atoms with van der Waals surface area (Å²) in [5.74, 6) is -1.63. The minimum atomic E-state index is -1.39. The van der Waals surface area contributed by atoms with Gasteiger partial charge in [-0.1, -0.05) is 17.3 Å². The van der Waals surface area contributed by atoms with E-state index in [0.29, 0.717) is 16.9 Å². The SMILES string of the molecule is N#Cc1ccc(OCCO/N=C(\C(=O)C[C@H]2Cc3cccc(C(=O)O)c3OB2O)c2csc(N)n2)cc1. The summed E-state index contributed by atoms with van der Waals surface area (Å²) in [6.45, 7) is 0.158. The highest BCUT2D eigenvalue weighted by atomic mass is 32.1. The monoisotopic (exact) mass is 520 g/mol. The molecule has 0 spiro atoms. The third-order valence-corrected chi connectivity index (χ3v) is 6.18. The number of Topliss-reactive ketones (excluding diaryl/α,β-unsaturated/α-hetero) is 1. The molecule has 4 N–H and O–H groups in total. The number of nitrogens with two attached hydrogens (primary N) is 1. The standard InChI is InChI=1S/C24H21BN4O7S/c26-12-14-4-6-17(7-5-14)34-8-9-35-29-21(19-13-37-24(27)28-19)20(30)11-16-10-15-2-1-3-18(23(31)32)22(15)36-25(16)33/h1-7,13,16,33H,8-11H2,(H2,27,28)(H,31,32)/b29-21-/t16-/m1/s1. The zero-order valence-electron chi connectivity index (χ0n) is 19.4. The summed E-state index contributed by atoms with van der Waals surface area (Å²) >= 11 is 1.14. The smallest absolute Gasteiger partial charge is 0.526 e. The van der Waals surface area contributed by atoms with Crippen LogP contribution in [-0.4, -0.2) is 52.9 Å². The van der Waals surface area contributed by atoms with E-state index in [9.17, 15) is 19.7 Å². The molecule has 0 aliphatic carbocycles. The van der Waals surface area contributed by atoms with E-state index in [2.05, 4.69) is 10.1 Å². The maximum Gasteiger partial charge on any atom is 0.526 e. The minimum absolute atomic E-state index is 0.0247. The molecule has 2 aromatic carbocycles. The predicted molar refractivity (Wildman–Crippen MR) is 135 cm³/mol. The molecule has 11 nitrogen and oxygen atoms in total. The van der Waals surface area contributed by atoms with Crippen LogP contribution in [0.25, 0.3) is 0 Å². The topological polar surface area (TPSA) is 177 Å². The molecule has 3 aromatic rings. The van der Waals surface area contributed by atoms with Crippen molar-refractivity contribution in [3.63, 3.8) is 0 Å². The van der Waals surface area contributed by atoms with E-state index < -0.39 is 24.7 Å². The number of nitrogen functional groups attached to an aromatic ring is 1. The lowest BCUT2D eigenvalue weighted by Gasteiger charge is -2.28. The zero-order chi connectivity index (χ0) is 26.4. The van der Waals surface area contributed by atoms with Crippen molar-refractivity contribution >= 4 is 41.1 Å². The van der Waals surface area contributed by atoms with Crippen LogP contribution in [0.2, 0.25) is 5.82 Å². The Balaban J connectivity index is 1.42. The lowest BCUT2D eigenvalue weighted by atomic mass is 9.64. The quantitative estimate of drug-likeness (QED) is 0.156. The van der Waals surface area contributed by atoms with Crippen LogP contribution >= 0.6 is 11.3 Å². The molecule has 1 aromatic heterocycles. The molecule has 0 saturated heterocycles. The van der Waals surface area contributed by atoms with Crippen LogP contribution in [0.5, 0.6) is 11.5 Å². The molecule has 37 heavy (non-hydrogen) atoms. The number of carbonyl (C=O) groups excluding carboxylic acids is 1. The van der Waals surface area contributed by atoms with Crippen LogP contribution in [0.15, 0.2) is 53.0 Å². The molecule has 0 amide bonds. The Morgan fingerprint density at radius 2 is 2.05 bits per heavy atom. The second kappa shape index (κ2) is 11.6. The molecular weight excluding hydrogens is 499 g/mol. The van der Waals surface area contributed by atoms with Crippen molar-refractivity contribution < 1.29 is 33.9 Å². The average molecular weight is 520 g/mol. The van der Waals surface area contributed by atoms with Gasteiger partial charge in [0, 0.05) is 17.6 Å². The van der Waals surface area contributed by atoms with Gasteiger partial charge in [0.15, 0.2) is 23.2 Å². The molecule has 0 unspecified atom stereocenters. The number of oxime groups is 1. The number of rotatable bonds is 10. The molecule has 0 fully saturated rings. The van der Waals surface area contributed by atoms with Gasteiger partial charge in [-0.2, -0.15) is 5.26 Å². The number of carboxylic acid groups (broad SMARTS) is 1. The summed E-state index contributed by atoms with van der Waals surface area (Å²) < 4.78 is 11.0. The second-order valence-corrected chi connectivity index (χ2v) is 8.92. The minimum Gasteiger partial charge on any atom is -0.535 e. The highest BCUT2D eigenvalue weighted by Crippen LogP contribution is 2.36. The fraction of sp³-hybridized carbons (Fsp3) is 0.208. The molecule has 1 aliphatic heterocycles. The molecule has 1 aliphatic rings. The highest BCUT2D eigenvalue weighted by Gasteiger charge is 2.38. The Morgan fingerprint density at radius 1 is 1.27 bits per heavy atom. The van der Waals surface area contributed by atoms with Crippen molar-refractivity contribution in [3.05, 3.63) is 70.2 Å². The zero-order valence-corrected chi connectivity index (χ0v) is 20.2. The van der Waals surface area contributed by atoms with Crippen molar-refractivity contribution in [3.8, 4) is 17.6 Å².